The summed E-state index contributed by atoms with van der Waals surface area (Å²) in [5.74, 6) is 1.53. The van der Waals surface area contributed by atoms with Crippen LogP contribution in [0.2, 0.25) is 0 Å². The molecule has 0 aromatic carbocycles. The van der Waals surface area contributed by atoms with Crippen LogP contribution in [0, 0.1) is 11.8 Å². The van der Waals surface area contributed by atoms with Crippen molar-refractivity contribution in [1.29, 1.82) is 0 Å². The van der Waals surface area contributed by atoms with Crippen LogP contribution in [0.15, 0.2) is 0 Å². The van der Waals surface area contributed by atoms with Gasteiger partial charge in [-0.15, -0.1) is 0 Å². The first-order valence-electron chi connectivity index (χ1n) is 6.32. The van der Waals surface area contributed by atoms with Gasteiger partial charge < -0.3 is 5.32 Å². The molecule has 0 bridgehead atoms. The number of hydrogen-bond acceptors (Lipinski definition) is 2. The summed E-state index contributed by atoms with van der Waals surface area (Å²) < 4.78 is 35.8. The zero-order chi connectivity index (χ0) is 12.9. The van der Waals surface area contributed by atoms with Gasteiger partial charge in [0, 0.05) is 18.3 Å². The van der Waals surface area contributed by atoms with Crippen LogP contribution in [0.5, 0.6) is 0 Å². The van der Waals surface area contributed by atoms with Gasteiger partial charge in [0.1, 0.15) is 0 Å². The molecule has 0 aromatic heterocycles. The van der Waals surface area contributed by atoms with E-state index in [1.54, 1.807) is 0 Å². The zero-order valence-corrected chi connectivity index (χ0v) is 11.3. The Morgan fingerprint density at radius 1 is 1.29 bits per heavy atom. The molecular weight excluding hydrogens is 247 g/mol. The van der Waals surface area contributed by atoms with Crippen molar-refractivity contribution in [2.24, 2.45) is 11.8 Å². The van der Waals surface area contributed by atoms with Gasteiger partial charge in [-0.1, -0.05) is 26.7 Å². The van der Waals surface area contributed by atoms with Crippen molar-refractivity contribution < 1.29 is 13.2 Å². The monoisotopic (exact) mass is 269 g/mol. The van der Waals surface area contributed by atoms with Gasteiger partial charge in [0.15, 0.2) is 0 Å². The fraction of sp³-hybridized carbons (Fsp3) is 1.00. The number of thioether (sulfide) groups is 1. The molecule has 0 saturated heterocycles. The molecule has 102 valence electrons. The van der Waals surface area contributed by atoms with Gasteiger partial charge in [-0.25, -0.2) is 0 Å². The summed E-state index contributed by atoms with van der Waals surface area (Å²) in [5, 5.41) is 3.26. The molecule has 1 saturated carbocycles. The predicted molar refractivity (Wildman–Crippen MR) is 67.1 cm³/mol. The van der Waals surface area contributed by atoms with E-state index < -0.39 is 5.51 Å². The molecule has 1 nitrogen and oxygen atoms in total. The first-order chi connectivity index (χ1) is 7.88. The van der Waals surface area contributed by atoms with Crippen LogP contribution in [0.1, 0.15) is 39.5 Å². The molecule has 1 N–H and O–H groups in total. The predicted octanol–water partition coefficient (Wildman–Crippen LogP) is 4.04. The van der Waals surface area contributed by atoms with Gasteiger partial charge in [-0.3, -0.25) is 0 Å². The number of alkyl halides is 3. The molecule has 0 aliphatic heterocycles. The minimum atomic E-state index is -4.09. The number of hydrogen-bond donors (Lipinski definition) is 1. The van der Waals surface area contributed by atoms with E-state index in [1.807, 2.05) is 0 Å². The highest BCUT2D eigenvalue weighted by Gasteiger charge is 2.28. The Morgan fingerprint density at radius 3 is 2.59 bits per heavy atom. The summed E-state index contributed by atoms with van der Waals surface area (Å²) in [4.78, 5) is 0. The van der Waals surface area contributed by atoms with Crippen LogP contribution in [0.4, 0.5) is 13.2 Å². The Balaban J connectivity index is 2.15. The summed E-state index contributed by atoms with van der Waals surface area (Å²) in [5.41, 5.74) is -4.09. The summed E-state index contributed by atoms with van der Waals surface area (Å²) in [6.45, 7) is 4.92. The van der Waals surface area contributed by atoms with Crippen LogP contribution in [-0.2, 0) is 0 Å². The molecule has 0 aromatic rings. The van der Waals surface area contributed by atoms with Crippen molar-refractivity contribution in [3.8, 4) is 0 Å². The average molecular weight is 269 g/mol. The van der Waals surface area contributed by atoms with E-state index in [0.29, 0.717) is 18.5 Å². The standard InChI is InChI=1S/C12H22F3NS/c1-9(2)10-4-3-5-11(8-10)16-6-7-17-12(13,14)15/h9-11,16H,3-8H2,1-2H3. The van der Waals surface area contributed by atoms with E-state index >= 15 is 0 Å². The molecule has 1 aliphatic rings. The highest BCUT2D eigenvalue weighted by Crippen LogP contribution is 2.31. The Morgan fingerprint density at radius 2 is 2.00 bits per heavy atom. The first kappa shape index (κ1) is 15.2. The zero-order valence-electron chi connectivity index (χ0n) is 10.5. The Kier molecular flexibility index (Phi) is 6.13. The van der Waals surface area contributed by atoms with Gasteiger partial charge in [0.25, 0.3) is 0 Å². The van der Waals surface area contributed by atoms with E-state index in [0.717, 1.165) is 18.8 Å². The molecule has 5 heteroatoms. The normalized spacial score (nSPS) is 26.5. The lowest BCUT2D eigenvalue weighted by atomic mass is 9.79. The molecule has 0 heterocycles. The van der Waals surface area contributed by atoms with Crippen LogP contribution in [0.25, 0.3) is 0 Å². The SMILES string of the molecule is CC(C)C1CCCC(NCCSC(F)(F)F)C1. The third kappa shape index (κ3) is 6.55. The molecule has 0 amide bonds. The van der Waals surface area contributed by atoms with Crippen molar-refractivity contribution in [3.05, 3.63) is 0 Å². The lowest BCUT2D eigenvalue weighted by Gasteiger charge is -2.32. The smallest absolute Gasteiger partial charge is 0.313 e. The average Bonchev–Trinajstić information content (AvgIpc) is 2.23. The van der Waals surface area contributed by atoms with Gasteiger partial charge in [0.2, 0.25) is 0 Å². The van der Waals surface area contributed by atoms with Crippen molar-refractivity contribution in [1.82, 2.24) is 5.32 Å². The number of halogens is 3. The second kappa shape index (κ2) is 6.88. The highest BCUT2D eigenvalue weighted by molar-refractivity contribution is 8.00. The highest BCUT2D eigenvalue weighted by atomic mass is 32.2. The van der Waals surface area contributed by atoms with Crippen molar-refractivity contribution in [3.63, 3.8) is 0 Å². The lowest BCUT2D eigenvalue weighted by molar-refractivity contribution is -0.0327. The molecule has 1 fully saturated rings. The summed E-state index contributed by atoms with van der Waals surface area (Å²) in [6, 6.07) is 0.421. The summed E-state index contributed by atoms with van der Waals surface area (Å²) >= 11 is 0.0667. The number of rotatable bonds is 5. The fourth-order valence-corrected chi connectivity index (χ4v) is 2.90. The van der Waals surface area contributed by atoms with Crippen LogP contribution in [-0.4, -0.2) is 23.8 Å². The van der Waals surface area contributed by atoms with Crippen LogP contribution in [0.3, 0.4) is 0 Å². The van der Waals surface area contributed by atoms with Crippen molar-refractivity contribution in [2.75, 3.05) is 12.3 Å². The Bertz CT molecular complexity index is 218. The first-order valence-corrected chi connectivity index (χ1v) is 7.31. The van der Waals surface area contributed by atoms with E-state index in [-0.39, 0.29) is 17.5 Å². The van der Waals surface area contributed by atoms with Crippen LogP contribution >= 0.6 is 11.8 Å². The fourth-order valence-electron chi connectivity index (χ4n) is 2.45. The van der Waals surface area contributed by atoms with E-state index in [4.69, 9.17) is 0 Å². The van der Waals surface area contributed by atoms with Gasteiger partial charge in [-0.05, 0) is 36.4 Å². The van der Waals surface area contributed by atoms with Crippen molar-refractivity contribution in [2.45, 2.75) is 51.1 Å². The maximum atomic E-state index is 11.9. The quantitative estimate of drug-likeness (QED) is 0.756. The minimum Gasteiger partial charge on any atom is -0.313 e. The Hall–Kier alpha value is 0.100. The molecule has 0 spiro atoms. The third-order valence-corrected chi connectivity index (χ3v) is 4.19. The second-order valence-electron chi connectivity index (χ2n) is 5.12. The molecule has 1 aliphatic carbocycles. The Labute approximate surface area is 106 Å². The minimum absolute atomic E-state index is 0.0667. The summed E-state index contributed by atoms with van der Waals surface area (Å²) in [7, 11) is 0. The van der Waals surface area contributed by atoms with E-state index in [1.165, 1.54) is 12.8 Å². The van der Waals surface area contributed by atoms with Gasteiger partial charge >= 0.3 is 5.51 Å². The third-order valence-electron chi connectivity index (χ3n) is 3.46. The topological polar surface area (TPSA) is 12.0 Å². The largest absolute Gasteiger partial charge is 0.441 e. The number of nitrogens with one attached hydrogen (secondary N) is 1. The maximum absolute atomic E-state index is 11.9. The molecule has 0 radical (unpaired) electrons. The molecular formula is C12H22F3NS. The van der Waals surface area contributed by atoms with Gasteiger partial charge in [0.05, 0.1) is 0 Å². The van der Waals surface area contributed by atoms with E-state index in [9.17, 15) is 13.2 Å². The summed E-state index contributed by atoms with van der Waals surface area (Å²) in [6.07, 6.45) is 4.70. The molecule has 2 atom stereocenters. The second-order valence-corrected chi connectivity index (χ2v) is 6.28. The molecule has 2 unspecified atom stereocenters. The maximum Gasteiger partial charge on any atom is 0.441 e. The lowest BCUT2D eigenvalue weighted by Crippen LogP contribution is -2.36. The van der Waals surface area contributed by atoms with Crippen LogP contribution < -0.4 is 5.32 Å². The molecule has 17 heavy (non-hydrogen) atoms. The van der Waals surface area contributed by atoms with Gasteiger partial charge in [-0.2, -0.15) is 13.2 Å². The van der Waals surface area contributed by atoms with Crippen molar-refractivity contribution >= 4 is 11.8 Å². The van der Waals surface area contributed by atoms with E-state index in [2.05, 4.69) is 19.2 Å². The molecule has 1 rings (SSSR count).